The van der Waals surface area contributed by atoms with E-state index in [-0.39, 0.29) is 10.8 Å². The number of rotatable bonds is 3. The minimum Gasteiger partial charge on any atom is -0.343 e. The molecule has 1 atom stereocenters. The van der Waals surface area contributed by atoms with Gasteiger partial charge in [0.1, 0.15) is 15.7 Å². The molecule has 0 spiro atoms. The summed E-state index contributed by atoms with van der Waals surface area (Å²) in [5.41, 5.74) is -0.0161. The van der Waals surface area contributed by atoms with E-state index in [9.17, 15) is 13.4 Å². The first-order valence-corrected chi connectivity index (χ1v) is 6.77. The molecule has 0 aromatic carbocycles. The summed E-state index contributed by atoms with van der Waals surface area (Å²) in [5.74, 6) is -1.80. The Kier molecular flexibility index (Phi) is 4.17. The molecule has 1 amide bonds. The van der Waals surface area contributed by atoms with E-state index in [4.69, 9.17) is 16.2 Å². The molecule has 20 heavy (non-hydrogen) atoms. The van der Waals surface area contributed by atoms with Crippen LogP contribution in [0.4, 0.5) is 10.1 Å². The average Bonchev–Trinajstić information content (AvgIpc) is 2.65. The van der Waals surface area contributed by atoms with Gasteiger partial charge in [-0.25, -0.2) is 13.6 Å². The second-order valence-electron chi connectivity index (χ2n) is 3.84. The molecule has 0 radical (unpaired) electrons. The van der Waals surface area contributed by atoms with Crippen molar-refractivity contribution in [2.75, 3.05) is 5.32 Å². The molecule has 2 aromatic heterocycles. The zero-order valence-corrected chi connectivity index (χ0v) is 11.7. The number of nitrogens with zero attached hydrogens (tertiary/aromatic N) is 2. The Morgan fingerprint density at radius 1 is 1.60 bits per heavy atom. The highest BCUT2D eigenvalue weighted by Gasteiger charge is 2.23. The number of halogens is 2. The molecular formula is C11H9ClFN3O3S. The molecule has 2 N–H and O–H groups in total. The van der Waals surface area contributed by atoms with Crippen LogP contribution in [0.15, 0.2) is 29.4 Å². The van der Waals surface area contributed by atoms with Gasteiger partial charge in [0.25, 0.3) is 5.91 Å². The van der Waals surface area contributed by atoms with Crippen molar-refractivity contribution in [1.29, 1.82) is 0 Å². The summed E-state index contributed by atoms with van der Waals surface area (Å²) < 4.78 is 34.9. The van der Waals surface area contributed by atoms with Crippen LogP contribution in [-0.2, 0) is 18.1 Å². The number of nitrogens with one attached hydrogen (secondary N) is 1. The lowest BCUT2D eigenvalue weighted by Crippen LogP contribution is -2.17. The molecule has 0 fully saturated rings. The van der Waals surface area contributed by atoms with Gasteiger partial charge in [-0.1, -0.05) is 11.6 Å². The van der Waals surface area contributed by atoms with Crippen molar-refractivity contribution < 1.29 is 17.9 Å². The van der Waals surface area contributed by atoms with Crippen LogP contribution in [0.3, 0.4) is 0 Å². The molecule has 0 aliphatic rings. The van der Waals surface area contributed by atoms with Gasteiger partial charge < -0.3 is 14.4 Å². The topological polar surface area (TPSA) is 84.2 Å². The van der Waals surface area contributed by atoms with E-state index >= 15 is 0 Å². The van der Waals surface area contributed by atoms with Crippen LogP contribution in [0.5, 0.6) is 0 Å². The van der Waals surface area contributed by atoms with Gasteiger partial charge in [-0.2, -0.15) is 0 Å². The second-order valence-corrected chi connectivity index (χ2v) is 5.16. The van der Waals surface area contributed by atoms with Gasteiger partial charge in [-0.05, 0) is 12.1 Å². The van der Waals surface area contributed by atoms with Crippen molar-refractivity contribution in [3.8, 4) is 0 Å². The third-order valence-corrected chi connectivity index (χ3v) is 3.34. The lowest BCUT2D eigenvalue weighted by atomic mass is 10.3. The van der Waals surface area contributed by atoms with Crippen molar-refractivity contribution >= 4 is 34.3 Å². The van der Waals surface area contributed by atoms with E-state index < -0.39 is 27.7 Å². The molecule has 0 saturated heterocycles. The van der Waals surface area contributed by atoms with Gasteiger partial charge in [-0.3, -0.25) is 4.79 Å². The van der Waals surface area contributed by atoms with Crippen molar-refractivity contribution in [3.63, 3.8) is 0 Å². The third kappa shape index (κ3) is 2.87. The normalized spacial score (nSPS) is 12.2. The van der Waals surface area contributed by atoms with Crippen LogP contribution >= 0.6 is 11.6 Å². The van der Waals surface area contributed by atoms with E-state index in [1.807, 2.05) is 0 Å². The number of carbonyl (C=O) groups excluding carboxylic acids is 1. The number of pyridine rings is 1. The van der Waals surface area contributed by atoms with Crippen molar-refractivity contribution in [2.24, 2.45) is 7.05 Å². The summed E-state index contributed by atoms with van der Waals surface area (Å²) >= 11 is 3.16. The molecule has 9 heteroatoms. The smallest absolute Gasteiger partial charge is 0.275 e. The summed E-state index contributed by atoms with van der Waals surface area (Å²) in [6, 6.07) is 2.88. The largest absolute Gasteiger partial charge is 0.343 e. The summed E-state index contributed by atoms with van der Waals surface area (Å²) in [7, 11) is 1.40. The third-order valence-electron chi connectivity index (χ3n) is 2.48. The van der Waals surface area contributed by atoms with E-state index in [0.29, 0.717) is 5.69 Å². The first-order valence-electron chi connectivity index (χ1n) is 5.28. The maximum absolute atomic E-state index is 13.9. The van der Waals surface area contributed by atoms with Crippen LogP contribution in [0.1, 0.15) is 10.5 Å². The average molecular weight is 318 g/mol. The summed E-state index contributed by atoms with van der Waals surface area (Å²) in [5, 5.41) is 2.60. The highest BCUT2D eigenvalue weighted by atomic mass is 35.5. The molecule has 0 aliphatic carbocycles. The Morgan fingerprint density at radius 2 is 2.30 bits per heavy atom. The summed E-state index contributed by atoms with van der Waals surface area (Å²) in [6.07, 6.45) is 2.47. The maximum atomic E-state index is 13.9. The second kappa shape index (κ2) is 5.70. The molecule has 0 bridgehead atoms. The monoisotopic (exact) mass is 317 g/mol. The molecule has 2 rings (SSSR count). The van der Waals surface area contributed by atoms with Crippen LogP contribution in [0, 0.1) is 5.82 Å². The Morgan fingerprint density at radius 3 is 2.85 bits per heavy atom. The summed E-state index contributed by atoms with van der Waals surface area (Å²) in [6.45, 7) is 0. The van der Waals surface area contributed by atoms with Crippen LogP contribution in [0.25, 0.3) is 0 Å². The number of hydrogen-bond donors (Lipinski definition) is 2. The zero-order chi connectivity index (χ0) is 14.9. The van der Waals surface area contributed by atoms with Gasteiger partial charge in [0.2, 0.25) is 0 Å². The number of aromatic nitrogens is 2. The molecular weight excluding hydrogens is 309 g/mol. The molecule has 2 aromatic rings. The standard InChI is InChI=1S/C11H9ClFN3O3S/c1-16-5-7(20(18)19)9(13)10(16)11(17)15-6-2-3-14-8(12)4-6/h2-5H,1H3,(H,18,19)(H,14,15,17). The van der Waals surface area contributed by atoms with Gasteiger partial charge in [0, 0.05) is 25.1 Å². The van der Waals surface area contributed by atoms with Crippen LogP contribution in [0.2, 0.25) is 5.15 Å². The predicted molar refractivity (Wildman–Crippen MR) is 71.6 cm³/mol. The first kappa shape index (κ1) is 14.6. The van der Waals surface area contributed by atoms with Gasteiger partial charge >= 0.3 is 0 Å². The molecule has 6 nitrogen and oxygen atoms in total. The van der Waals surface area contributed by atoms with E-state index in [2.05, 4.69) is 10.3 Å². The molecule has 106 valence electrons. The highest BCUT2D eigenvalue weighted by Crippen LogP contribution is 2.20. The van der Waals surface area contributed by atoms with Gasteiger partial charge in [0.05, 0.1) is 0 Å². The maximum Gasteiger partial charge on any atom is 0.275 e. The van der Waals surface area contributed by atoms with E-state index in [1.165, 1.54) is 25.4 Å². The van der Waals surface area contributed by atoms with Crippen LogP contribution < -0.4 is 5.32 Å². The lowest BCUT2D eigenvalue weighted by Gasteiger charge is -2.06. The fraction of sp³-hybridized carbons (Fsp3) is 0.0909. The number of hydrogen-bond acceptors (Lipinski definition) is 3. The molecule has 1 unspecified atom stereocenters. The molecule has 0 aliphatic heterocycles. The van der Waals surface area contributed by atoms with Gasteiger partial charge in [-0.15, -0.1) is 0 Å². The molecule has 0 saturated carbocycles. The predicted octanol–water partition coefficient (Wildman–Crippen LogP) is 2.05. The lowest BCUT2D eigenvalue weighted by molar-refractivity contribution is 0.101. The van der Waals surface area contributed by atoms with Crippen LogP contribution in [-0.4, -0.2) is 24.2 Å². The number of amides is 1. The zero-order valence-electron chi connectivity index (χ0n) is 10.1. The first-order chi connectivity index (χ1) is 9.40. The fourth-order valence-corrected chi connectivity index (χ4v) is 2.29. The Labute approximate surface area is 120 Å². The molecule has 2 heterocycles. The Bertz CT molecular complexity index is 704. The Hall–Kier alpha value is -1.77. The number of carbonyl (C=O) groups is 1. The SMILES string of the molecule is Cn1cc(S(=O)O)c(F)c1C(=O)Nc1ccnc(Cl)c1. The quantitative estimate of drug-likeness (QED) is 0.670. The van der Waals surface area contributed by atoms with E-state index in [0.717, 1.165) is 10.8 Å². The summed E-state index contributed by atoms with van der Waals surface area (Å²) in [4.78, 5) is 15.3. The fourth-order valence-electron chi connectivity index (χ4n) is 1.62. The minimum absolute atomic E-state index is 0.173. The van der Waals surface area contributed by atoms with Crippen molar-refractivity contribution in [3.05, 3.63) is 41.2 Å². The van der Waals surface area contributed by atoms with Gasteiger partial charge in [0.15, 0.2) is 16.9 Å². The number of aryl methyl sites for hydroxylation is 1. The minimum atomic E-state index is -2.50. The number of anilines is 1. The van der Waals surface area contributed by atoms with Crippen molar-refractivity contribution in [1.82, 2.24) is 9.55 Å². The van der Waals surface area contributed by atoms with E-state index in [1.54, 1.807) is 0 Å². The van der Waals surface area contributed by atoms with Crippen molar-refractivity contribution in [2.45, 2.75) is 4.90 Å². The Balaban J connectivity index is 2.32. The highest BCUT2D eigenvalue weighted by molar-refractivity contribution is 7.79.